The molecule has 0 radical (unpaired) electrons. The normalized spacial score (nSPS) is 29.1. The van der Waals surface area contributed by atoms with Crippen LogP contribution in [0.4, 0.5) is 0 Å². The first-order chi connectivity index (χ1) is 8.65. The van der Waals surface area contributed by atoms with Gasteiger partial charge in [-0.25, -0.2) is 0 Å². The Morgan fingerprint density at radius 1 is 1.44 bits per heavy atom. The van der Waals surface area contributed by atoms with Gasteiger partial charge in [0.15, 0.2) is 0 Å². The van der Waals surface area contributed by atoms with E-state index in [1.165, 1.54) is 12.8 Å². The number of nitrogens with zero attached hydrogens (tertiary/aromatic N) is 1. The Balaban J connectivity index is 2.33. The van der Waals surface area contributed by atoms with Crippen LogP contribution in [0.3, 0.4) is 0 Å². The van der Waals surface area contributed by atoms with E-state index in [0.717, 1.165) is 38.8 Å². The molecule has 1 saturated carbocycles. The Bertz CT molecular complexity index is 274. The van der Waals surface area contributed by atoms with Gasteiger partial charge in [0.2, 0.25) is 0 Å². The third-order valence-electron chi connectivity index (χ3n) is 3.79. The highest BCUT2D eigenvalue weighted by Gasteiger charge is 2.39. The van der Waals surface area contributed by atoms with E-state index in [1.807, 2.05) is 0 Å². The molecule has 0 aromatic heterocycles. The molecule has 1 aliphatic rings. The first-order valence-electron chi connectivity index (χ1n) is 7.43. The van der Waals surface area contributed by atoms with Gasteiger partial charge in [0.25, 0.3) is 0 Å². The fraction of sp³-hybridized carbons (Fsp3) is 0.933. The second kappa shape index (κ2) is 7.76. The Morgan fingerprint density at radius 3 is 2.83 bits per heavy atom. The summed E-state index contributed by atoms with van der Waals surface area (Å²) in [5, 5.41) is 12.8. The Morgan fingerprint density at radius 2 is 2.22 bits per heavy atom. The summed E-state index contributed by atoms with van der Waals surface area (Å²) in [6.07, 6.45) is 6.58. The van der Waals surface area contributed by atoms with Gasteiger partial charge in [-0.1, -0.05) is 27.2 Å². The molecule has 0 heterocycles. The second-order valence-corrected chi connectivity index (χ2v) is 5.71. The smallest absolute Gasteiger partial charge is 0.109 e. The predicted molar refractivity (Wildman–Crippen MR) is 74.3 cm³/mol. The van der Waals surface area contributed by atoms with Gasteiger partial charge < -0.3 is 4.74 Å². The van der Waals surface area contributed by atoms with Gasteiger partial charge in [-0.05, 0) is 38.1 Å². The van der Waals surface area contributed by atoms with Crippen molar-refractivity contribution in [3.8, 4) is 6.07 Å². The van der Waals surface area contributed by atoms with E-state index < -0.39 is 0 Å². The summed E-state index contributed by atoms with van der Waals surface area (Å²) >= 11 is 0. The van der Waals surface area contributed by atoms with Crippen molar-refractivity contribution < 1.29 is 4.74 Å². The molecule has 104 valence electrons. The fourth-order valence-electron chi connectivity index (χ4n) is 2.68. The number of rotatable bonds is 8. The number of hydrogen-bond donors (Lipinski definition) is 1. The van der Waals surface area contributed by atoms with E-state index in [2.05, 4.69) is 32.2 Å². The first kappa shape index (κ1) is 15.5. The molecule has 18 heavy (non-hydrogen) atoms. The Kier molecular flexibility index (Phi) is 6.67. The average Bonchev–Trinajstić information content (AvgIpc) is 2.79. The molecule has 0 spiro atoms. The predicted octanol–water partition coefficient (Wildman–Crippen LogP) is 3.25. The van der Waals surface area contributed by atoms with E-state index >= 15 is 0 Å². The Hall–Kier alpha value is -0.590. The van der Waals surface area contributed by atoms with Crippen molar-refractivity contribution in [2.75, 3.05) is 13.2 Å². The molecule has 0 amide bonds. The quantitative estimate of drug-likeness (QED) is 0.721. The molecule has 3 heteroatoms. The van der Waals surface area contributed by atoms with Crippen molar-refractivity contribution in [1.29, 1.82) is 5.26 Å². The Labute approximate surface area is 112 Å². The first-order valence-corrected chi connectivity index (χ1v) is 7.43. The third kappa shape index (κ3) is 4.59. The van der Waals surface area contributed by atoms with Gasteiger partial charge in [0.1, 0.15) is 5.54 Å². The highest BCUT2D eigenvalue weighted by molar-refractivity contribution is 5.12. The number of hydrogen-bond acceptors (Lipinski definition) is 3. The van der Waals surface area contributed by atoms with Gasteiger partial charge in [0.05, 0.1) is 12.2 Å². The van der Waals surface area contributed by atoms with Gasteiger partial charge in [-0.15, -0.1) is 0 Å². The summed E-state index contributed by atoms with van der Waals surface area (Å²) in [6.45, 7) is 8.35. The average molecular weight is 252 g/mol. The van der Waals surface area contributed by atoms with Crippen LogP contribution in [0, 0.1) is 17.2 Å². The largest absolute Gasteiger partial charge is 0.378 e. The van der Waals surface area contributed by atoms with Gasteiger partial charge in [-0.2, -0.15) is 5.26 Å². The molecule has 3 nitrogen and oxygen atoms in total. The molecule has 1 aliphatic carbocycles. The van der Waals surface area contributed by atoms with Crippen molar-refractivity contribution in [2.45, 2.75) is 70.9 Å². The van der Waals surface area contributed by atoms with Crippen molar-refractivity contribution in [1.82, 2.24) is 5.32 Å². The molecule has 0 bridgehead atoms. The zero-order valence-electron chi connectivity index (χ0n) is 12.2. The molecule has 1 N–H and O–H groups in total. The number of nitriles is 1. The lowest BCUT2D eigenvalue weighted by molar-refractivity contribution is 0.0322. The molecule has 0 aromatic rings. The highest BCUT2D eigenvalue weighted by atomic mass is 16.5. The minimum absolute atomic E-state index is 0.272. The summed E-state index contributed by atoms with van der Waals surface area (Å²) in [5.41, 5.74) is -0.325. The maximum Gasteiger partial charge on any atom is 0.109 e. The second-order valence-electron chi connectivity index (χ2n) is 5.71. The zero-order chi connectivity index (χ0) is 13.4. The SMILES string of the molecule is CCCNC1(C#N)CCC(OCC(C)CCC)C1. The monoisotopic (exact) mass is 252 g/mol. The summed E-state index contributed by atoms with van der Waals surface area (Å²) in [7, 11) is 0. The molecule has 0 aromatic carbocycles. The molecule has 0 saturated heterocycles. The van der Waals surface area contributed by atoms with Crippen molar-refractivity contribution in [3.63, 3.8) is 0 Å². The van der Waals surface area contributed by atoms with E-state index in [0.29, 0.717) is 5.92 Å². The van der Waals surface area contributed by atoms with Crippen molar-refractivity contribution >= 4 is 0 Å². The summed E-state index contributed by atoms with van der Waals surface area (Å²) in [5.74, 6) is 0.635. The van der Waals surface area contributed by atoms with Crippen molar-refractivity contribution in [3.05, 3.63) is 0 Å². The van der Waals surface area contributed by atoms with Gasteiger partial charge >= 0.3 is 0 Å². The van der Waals surface area contributed by atoms with E-state index in [1.54, 1.807) is 0 Å². The molecule has 1 fully saturated rings. The highest BCUT2D eigenvalue weighted by Crippen LogP contribution is 2.31. The maximum absolute atomic E-state index is 9.35. The summed E-state index contributed by atoms with van der Waals surface area (Å²) < 4.78 is 5.96. The van der Waals surface area contributed by atoms with Crippen LogP contribution in [-0.4, -0.2) is 24.8 Å². The van der Waals surface area contributed by atoms with E-state index in [4.69, 9.17) is 4.74 Å². The molecule has 3 unspecified atom stereocenters. The lowest BCUT2D eigenvalue weighted by atomic mass is 9.99. The van der Waals surface area contributed by atoms with Crippen LogP contribution in [-0.2, 0) is 4.74 Å². The maximum atomic E-state index is 9.35. The molecule has 0 aliphatic heterocycles. The van der Waals surface area contributed by atoms with E-state index in [9.17, 15) is 5.26 Å². The molecule has 3 atom stereocenters. The molecular weight excluding hydrogens is 224 g/mol. The van der Waals surface area contributed by atoms with Crippen LogP contribution < -0.4 is 5.32 Å². The van der Waals surface area contributed by atoms with Gasteiger partial charge in [0, 0.05) is 13.0 Å². The van der Waals surface area contributed by atoms with Crippen LogP contribution >= 0.6 is 0 Å². The fourth-order valence-corrected chi connectivity index (χ4v) is 2.68. The van der Waals surface area contributed by atoms with Crippen LogP contribution in [0.15, 0.2) is 0 Å². The van der Waals surface area contributed by atoms with E-state index in [-0.39, 0.29) is 11.6 Å². The van der Waals surface area contributed by atoms with Gasteiger partial charge in [-0.3, -0.25) is 5.32 Å². The zero-order valence-corrected chi connectivity index (χ0v) is 12.2. The lowest BCUT2D eigenvalue weighted by Crippen LogP contribution is -2.42. The van der Waals surface area contributed by atoms with Crippen LogP contribution in [0.2, 0.25) is 0 Å². The lowest BCUT2D eigenvalue weighted by Gasteiger charge is -2.23. The third-order valence-corrected chi connectivity index (χ3v) is 3.79. The van der Waals surface area contributed by atoms with Crippen molar-refractivity contribution in [2.24, 2.45) is 5.92 Å². The van der Waals surface area contributed by atoms with Crippen LogP contribution in [0.25, 0.3) is 0 Å². The number of nitrogens with one attached hydrogen (secondary N) is 1. The standard InChI is InChI=1S/C15H28N2O/c1-4-6-13(3)11-18-14-7-8-15(10-14,12-16)17-9-5-2/h13-14,17H,4-11H2,1-3H3. The topological polar surface area (TPSA) is 45.0 Å². The minimum Gasteiger partial charge on any atom is -0.378 e. The van der Waals surface area contributed by atoms with Crippen LogP contribution in [0.5, 0.6) is 0 Å². The van der Waals surface area contributed by atoms with Crippen LogP contribution in [0.1, 0.15) is 59.3 Å². The summed E-state index contributed by atoms with van der Waals surface area (Å²) in [6, 6.07) is 2.46. The summed E-state index contributed by atoms with van der Waals surface area (Å²) in [4.78, 5) is 0. The molecular formula is C15H28N2O. The minimum atomic E-state index is -0.325. The number of ether oxygens (including phenoxy) is 1. The molecule has 1 rings (SSSR count).